The standard InChI is InChI=1S/C12H18N2O4S/c1-4-13-19(16,17)10-7-6-9(3)11(8-10)12(15)14-18-5-2/h6-8,13H,4-5H2,1-3H3,(H,14,15). The van der Waals surface area contributed by atoms with Crippen molar-refractivity contribution in [1.82, 2.24) is 10.2 Å². The van der Waals surface area contributed by atoms with Gasteiger partial charge in [0.25, 0.3) is 5.91 Å². The lowest BCUT2D eigenvalue weighted by molar-refractivity contribution is 0.0364. The number of rotatable bonds is 6. The molecule has 2 N–H and O–H groups in total. The molecule has 0 spiro atoms. The van der Waals surface area contributed by atoms with E-state index in [4.69, 9.17) is 4.84 Å². The van der Waals surface area contributed by atoms with Gasteiger partial charge in [0.1, 0.15) is 0 Å². The highest BCUT2D eigenvalue weighted by atomic mass is 32.2. The van der Waals surface area contributed by atoms with Crippen LogP contribution in [0.2, 0.25) is 0 Å². The fraction of sp³-hybridized carbons (Fsp3) is 0.417. The van der Waals surface area contributed by atoms with Gasteiger partial charge in [0, 0.05) is 12.1 Å². The van der Waals surface area contributed by atoms with Gasteiger partial charge in [-0.25, -0.2) is 18.6 Å². The van der Waals surface area contributed by atoms with Gasteiger partial charge in [0.15, 0.2) is 0 Å². The highest BCUT2D eigenvalue weighted by Gasteiger charge is 2.17. The summed E-state index contributed by atoms with van der Waals surface area (Å²) in [6.45, 7) is 5.77. The Kier molecular flexibility index (Phi) is 5.46. The fourth-order valence-corrected chi connectivity index (χ4v) is 2.55. The van der Waals surface area contributed by atoms with E-state index >= 15 is 0 Å². The van der Waals surface area contributed by atoms with Gasteiger partial charge in [-0.1, -0.05) is 13.0 Å². The number of sulfonamides is 1. The third-order valence-electron chi connectivity index (χ3n) is 2.41. The molecule has 6 nitrogen and oxygen atoms in total. The number of hydrogen-bond donors (Lipinski definition) is 2. The molecule has 0 aliphatic heterocycles. The van der Waals surface area contributed by atoms with Crippen LogP contribution >= 0.6 is 0 Å². The number of benzene rings is 1. The Balaban J connectivity index is 3.11. The van der Waals surface area contributed by atoms with Crippen molar-refractivity contribution < 1.29 is 18.0 Å². The van der Waals surface area contributed by atoms with Gasteiger partial charge in [-0.2, -0.15) is 0 Å². The normalized spacial score (nSPS) is 11.3. The van der Waals surface area contributed by atoms with Crippen LogP contribution in [-0.4, -0.2) is 27.5 Å². The van der Waals surface area contributed by atoms with Gasteiger partial charge in [0.2, 0.25) is 10.0 Å². The molecule has 0 saturated carbocycles. The molecule has 1 aromatic rings. The summed E-state index contributed by atoms with van der Waals surface area (Å²) in [5.74, 6) is -0.465. The van der Waals surface area contributed by atoms with E-state index in [0.717, 1.165) is 0 Å². The second-order valence-electron chi connectivity index (χ2n) is 3.84. The molecular weight excluding hydrogens is 268 g/mol. The molecule has 0 aliphatic carbocycles. The van der Waals surface area contributed by atoms with Crippen molar-refractivity contribution in [2.45, 2.75) is 25.7 Å². The summed E-state index contributed by atoms with van der Waals surface area (Å²) in [4.78, 5) is 16.7. The molecule has 0 aliphatic rings. The minimum Gasteiger partial charge on any atom is -0.274 e. The van der Waals surface area contributed by atoms with Crippen molar-refractivity contribution >= 4 is 15.9 Å². The summed E-state index contributed by atoms with van der Waals surface area (Å²) in [6.07, 6.45) is 0. The van der Waals surface area contributed by atoms with Crippen LogP contribution in [0, 0.1) is 6.92 Å². The molecule has 0 saturated heterocycles. The number of hydrogen-bond acceptors (Lipinski definition) is 4. The van der Waals surface area contributed by atoms with Crippen molar-refractivity contribution in [2.24, 2.45) is 0 Å². The Morgan fingerprint density at radius 1 is 1.32 bits per heavy atom. The molecule has 0 bridgehead atoms. The van der Waals surface area contributed by atoms with Gasteiger partial charge in [0.05, 0.1) is 11.5 Å². The Morgan fingerprint density at radius 3 is 2.58 bits per heavy atom. The molecule has 106 valence electrons. The third-order valence-corrected chi connectivity index (χ3v) is 3.95. The van der Waals surface area contributed by atoms with E-state index in [0.29, 0.717) is 12.2 Å². The van der Waals surface area contributed by atoms with E-state index in [1.165, 1.54) is 12.1 Å². The predicted octanol–water partition coefficient (Wildman–Crippen LogP) is 0.975. The first-order valence-corrected chi connectivity index (χ1v) is 7.43. The minimum atomic E-state index is -3.57. The van der Waals surface area contributed by atoms with Crippen molar-refractivity contribution in [1.29, 1.82) is 0 Å². The van der Waals surface area contributed by atoms with Crippen molar-refractivity contribution in [3.63, 3.8) is 0 Å². The van der Waals surface area contributed by atoms with Gasteiger partial charge >= 0.3 is 0 Å². The summed E-state index contributed by atoms with van der Waals surface area (Å²) in [7, 11) is -3.57. The molecule has 0 unspecified atom stereocenters. The van der Waals surface area contributed by atoms with Crippen LogP contribution in [0.15, 0.2) is 23.1 Å². The zero-order valence-corrected chi connectivity index (χ0v) is 12.0. The maximum atomic E-state index is 11.9. The average Bonchev–Trinajstić information content (AvgIpc) is 2.36. The van der Waals surface area contributed by atoms with Crippen LogP contribution in [0.5, 0.6) is 0 Å². The van der Waals surface area contributed by atoms with Crippen LogP contribution in [0.3, 0.4) is 0 Å². The van der Waals surface area contributed by atoms with Gasteiger partial charge < -0.3 is 0 Å². The predicted molar refractivity (Wildman–Crippen MR) is 71.1 cm³/mol. The maximum Gasteiger partial charge on any atom is 0.275 e. The van der Waals surface area contributed by atoms with E-state index in [-0.39, 0.29) is 17.0 Å². The van der Waals surface area contributed by atoms with Gasteiger partial charge in [-0.3, -0.25) is 9.63 Å². The molecule has 1 rings (SSSR count). The van der Waals surface area contributed by atoms with Crippen LogP contribution < -0.4 is 10.2 Å². The number of hydroxylamine groups is 1. The number of carbonyl (C=O) groups is 1. The van der Waals surface area contributed by atoms with Crippen LogP contribution in [0.1, 0.15) is 29.8 Å². The Morgan fingerprint density at radius 2 is 2.00 bits per heavy atom. The molecule has 1 amide bonds. The van der Waals surface area contributed by atoms with Crippen LogP contribution in [-0.2, 0) is 14.9 Å². The van der Waals surface area contributed by atoms with Crippen molar-refractivity contribution in [2.75, 3.05) is 13.2 Å². The highest BCUT2D eigenvalue weighted by Crippen LogP contribution is 2.15. The second kappa shape index (κ2) is 6.65. The lowest BCUT2D eigenvalue weighted by Gasteiger charge is -2.10. The summed E-state index contributed by atoms with van der Waals surface area (Å²) >= 11 is 0. The quantitative estimate of drug-likeness (QED) is 0.763. The zero-order valence-electron chi connectivity index (χ0n) is 11.2. The van der Waals surface area contributed by atoms with E-state index in [1.54, 1.807) is 26.8 Å². The Hall–Kier alpha value is -1.44. The maximum absolute atomic E-state index is 11.9. The average molecular weight is 286 g/mol. The Bertz CT molecular complexity index is 555. The third kappa shape index (κ3) is 4.02. The molecule has 0 atom stereocenters. The van der Waals surface area contributed by atoms with Crippen LogP contribution in [0.4, 0.5) is 0 Å². The zero-order chi connectivity index (χ0) is 14.5. The first kappa shape index (κ1) is 15.6. The SMILES string of the molecule is CCNS(=O)(=O)c1ccc(C)c(C(=O)NOCC)c1. The number of nitrogens with one attached hydrogen (secondary N) is 2. The van der Waals surface area contributed by atoms with Crippen molar-refractivity contribution in [3.05, 3.63) is 29.3 Å². The highest BCUT2D eigenvalue weighted by molar-refractivity contribution is 7.89. The molecule has 19 heavy (non-hydrogen) atoms. The summed E-state index contributed by atoms with van der Waals surface area (Å²) in [6, 6.07) is 4.39. The van der Waals surface area contributed by atoms with E-state index in [1.807, 2.05) is 0 Å². The number of carbonyl (C=O) groups excluding carboxylic acids is 1. The van der Waals surface area contributed by atoms with E-state index in [9.17, 15) is 13.2 Å². The smallest absolute Gasteiger partial charge is 0.274 e. The molecule has 1 aromatic carbocycles. The monoisotopic (exact) mass is 286 g/mol. The molecule has 0 radical (unpaired) electrons. The minimum absolute atomic E-state index is 0.0570. The van der Waals surface area contributed by atoms with E-state index in [2.05, 4.69) is 10.2 Å². The molecule has 0 aromatic heterocycles. The van der Waals surface area contributed by atoms with Gasteiger partial charge in [-0.05, 0) is 31.5 Å². The van der Waals surface area contributed by atoms with Gasteiger partial charge in [-0.15, -0.1) is 0 Å². The summed E-state index contributed by atoms with van der Waals surface area (Å²) in [5.41, 5.74) is 3.19. The molecular formula is C12H18N2O4S. The first-order valence-electron chi connectivity index (χ1n) is 5.94. The topological polar surface area (TPSA) is 84.5 Å². The Labute approximate surface area is 113 Å². The number of aryl methyl sites for hydroxylation is 1. The van der Waals surface area contributed by atoms with Crippen molar-refractivity contribution in [3.8, 4) is 0 Å². The molecule has 0 heterocycles. The lowest BCUT2D eigenvalue weighted by Crippen LogP contribution is -2.26. The second-order valence-corrected chi connectivity index (χ2v) is 5.61. The fourth-order valence-electron chi connectivity index (χ4n) is 1.48. The summed E-state index contributed by atoms with van der Waals surface area (Å²) < 4.78 is 26.1. The largest absolute Gasteiger partial charge is 0.275 e. The molecule has 0 fully saturated rings. The van der Waals surface area contributed by atoms with Crippen LogP contribution in [0.25, 0.3) is 0 Å². The summed E-state index contributed by atoms with van der Waals surface area (Å²) in [5, 5.41) is 0. The van der Waals surface area contributed by atoms with E-state index < -0.39 is 15.9 Å². The molecule has 7 heteroatoms. The number of amides is 1. The lowest BCUT2D eigenvalue weighted by atomic mass is 10.1. The first-order chi connectivity index (χ1) is 8.92.